The first-order valence-corrected chi connectivity index (χ1v) is 5.90. The van der Waals surface area contributed by atoms with Crippen LogP contribution in [0.15, 0.2) is 24.3 Å². The third kappa shape index (κ3) is 4.69. The van der Waals surface area contributed by atoms with Crippen molar-refractivity contribution in [3.63, 3.8) is 0 Å². The first-order chi connectivity index (χ1) is 9.08. The lowest BCUT2D eigenvalue weighted by Crippen LogP contribution is -2.41. The van der Waals surface area contributed by atoms with Gasteiger partial charge in [-0.2, -0.15) is 0 Å². The molecular weight excluding hydrogens is 248 g/mol. The zero-order valence-electron chi connectivity index (χ0n) is 10.8. The Hall–Kier alpha value is -1.92. The molecule has 104 valence electrons. The second kappa shape index (κ2) is 7.50. The number of nitrogens with one attached hydrogen (secondary N) is 1. The molecule has 0 aliphatic carbocycles. The van der Waals surface area contributed by atoms with Crippen molar-refractivity contribution >= 4 is 11.9 Å². The van der Waals surface area contributed by atoms with Gasteiger partial charge in [0.15, 0.2) is 0 Å². The number of carbonyl (C=O) groups excluding carboxylic acids is 1. The highest BCUT2D eigenvalue weighted by molar-refractivity contribution is 5.96. The van der Waals surface area contributed by atoms with Crippen molar-refractivity contribution in [3.8, 4) is 0 Å². The van der Waals surface area contributed by atoms with Crippen LogP contribution in [-0.4, -0.2) is 36.7 Å². The maximum Gasteiger partial charge on any atom is 0.326 e. The zero-order valence-corrected chi connectivity index (χ0v) is 10.8. The smallest absolute Gasteiger partial charge is 0.326 e. The average molecular weight is 266 g/mol. The van der Waals surface area contributed by atoms with E-state index in [1.54, 1.807) is 24.3 Å². The highest BCUT2D eigenvalue weighted by atomic mass is 16.5. The Labute approximate surface area is 111 Å². The van der Waals surface area contributed by atoms with Crippen molar-refractivity contribution < 1.29 is 19.4 Å². The van der Waals surface area contributed by atoms with Crippen LogP contribution >= 0.6 is 0 Å². The normalized spacial score (nSPS) is 11.9. The molecule has 0 saturated heterocycles. The molecular formula is C13H18N2O4. The van der Waals surface area contributed by atoms with E-state index in [-0.39, 0.29) is 13.0 Å². The molecule has 1 atom stereocenters. The Morgan fingerprint density at radius 1 is 1.37 bits per heavy atom. The van der Waals surface area contributed by atoms with Crippen LogP contribution in [0.25, 0.3) is 0 Å². The lowest BCUT2D eigenvalue weighted by atomic mass is 10.1. The highest BCUT2D eigenvalue weighted by Crippen LogP contribution is 2.05. The number of ether oxygens (including phenoxy) is 1. The van der Waals surface area contributed by atoms with Gasteiger partial charge in [0, 0.05) is 32.2 Å². The molecule has 0 bridgehead atoms. The molecule has 1 aromatic carbocycles. The third-order valence-electron chi connectivity index (χ3n) is 2.67. The topological polar surface area (TPSA) is 102 Å². The number of methoxy groups -OCH3 is 1. The number of amides is 1. The van der Waals surface area contributed by atoms with Crippen LogP contribution in [-0.2, 0) is 16.1 Å². The minimum atomic E-state index is -1.08. The van der Waals surface area contributed by atoms with Gasteiger partial charge in [0.2, 0.25) is 0 Å². The number of carboxylic acids is 1. The van der Waals surface area contributed by atoms with E-state index in [0.29, 0.717) is 12.1 Å². The van der Waals surface area contributed by atoms with Crippen LogP contribution in [0.5, 0.6) is 0 Å². The molecule has 0 spiro atoms. The fourth-order valence-electron chi connectivity index (χ4n) is 1.53. The second-order valence-corrected chi connectivity index (χ2v) is 4.05. The largest absolute Gasteiger partial charge is 0.480 e. The maximum atomic E-state index is 11.9. The molecule has 6 nitrogen and oxygen atoms in total. The van der Waals surface area contributed by atoms with Crippen molar-refractivity contribution in [3.05, 3.63) is 35.4 Å². The number of hydrogen-bond donors (Lipinski definition) is 3. The van der Waals surface area contributed by atoms with Crippen LogP contribution in [0.2, 0.25) is 0 Å². The van der Waals surface area contributed by atoms with Gasteiger partial charge in [-0.25, -0.2) is 4.79 Å². The molecule has 0 fully saturated rings. The summed E-state index contributed by atoms with van der Waals surface area (Å²) in [6.07, 6.45) is 0.221. The molecule has 0 aliphatic heterocycles. The van der Waals surface area contributed by atoms with E-state index >= 15 is 0 Å². The number of carboxylic acid groups (broad SMARTS) is 1. The van der Waals surface area contributed by atoms with Gasteiger partial charge >= 0.3 is 5.97 Å². The second-order valence-electron chi connectivity index (χ2n) is 4.05. The summed E-state index contributed by atoms with van der Waals surface area (Å²) in [6.45, 7) is 0.664. The molecule has 0 saturated carbocycles. The standard InChI is InChI=1S/C13H18N2O4/c1-19-7-6-11(13(17)18)15-12(16)10-4-2-9(8-14)3-5-10/h2-5,11H,6-8,14H2,1H3,(H,15,16)(H,17,18). The minimum Gasteiger partial charge on any atom is -0.480 e. The Morgan fingerprint density at radius 2 is 2.00 bits per heavy atom. The molecule has 1 unspecified atom stereocenters. The summed E-state index contributed by atoms with van der Waals surface area (Å²) in [7, 11) is 1.48. The van der Waals surface area contributed by atoms with E-state index in [1.165, 1.54) is 7.11 Å². The Balaban J connectivity index is 2.67. The quantitative estimate of drug-likeness (QED) is 0.661. The molecule has 6 heteroatoms. The monoisotopic (exact) mass is 266 g/mol. The van der Waals surface area contributed by atoms with E-state index in [9.17, 15) is 9.59 Å². The molecule has 1 aromatic rings. The predicted molar refractivity (Wildman–Crippen MR) is 69.7 cm³/mol. The van der Waals surface area contributed by atoms with Crippen molar-refractivity contribution in [2.75, 3.05) is 13.7 Å². The SMILES string of the molecule is COCCC(NC(=O)c1ccc(CN)cc1)C(=O)O. The van der Waals surface area contributed by atoms with Crippen molar-refractivity contribution in [1.29, 1.82) is 0 Å². The summed E-state index contributed by atoms with van der Waals surface area (Å²) < 4.78 is 4.81. The molecule has 1 amide bonds. The molecule has 4 N–H and O–H groups in total. The summed E-state index contributed by atoms with van der Waals surface area (Å²) in [5.41, 5.74) is 6.77. The van der Waals surface area contributed by atoms with Gasteiger partial charge in [-0.05, 0) is 17.7 Å². The predicted octanol–water partition coefficient (Wildman–Crippen LogP) is 0.365. The molecule has 0 radical (unpaired) electrons. The van der Waals surface area contributed by atoms with Gasteiger partial charge in [-0.15, -0.1) is 0 Å². The van der Waals surface area contributed by atoms with Crippen molar-refractivity contribution in [2.45, 2.75) is 19.0 Å². The van der Waals surface area contributed by atoms with Gasteiger partial charge in [0.25, 0.3) is 5.91 Å². The number of aliphatic carboxylic acids is 1. The first kappa shape index (κ1) is 15.1. The van der Waals surface area contributed by atoms with Gasteiger partial charge in [0.05, 0.1) is 0 Å². The number of carbonyl (C=O) groups is 2. The number of nitrogens with two attached hydrogens (primary N) is 1. The molecule has 0 aliphatic rings. The number of rotatable bonds is 7. The van der Waals surface area contributed by atoms with Gasteiger partial charge < -0.3 is 20.9 Å². The molecule has 19 heavy (non-hydrogen) atoms. The third-order valence-corrected chi connectivity index (χ3v) is 2.67. The Morgan fingerprint density at radius 3 is 2.47 bits per heavy atom. The van der Waals surface area contributed by atoms with Crippen molar-refractivity contribution in [2.24, 2.45) is 5.73 Å². The van der Waals surface area contributed by atoms with Crippen LogP contribution in [0.4, 0.5) is 0 Å². The van der Waals surface area contributed by atoms with Crippen LogP contribution in [0.3, 0.4) is 0 Å². The summed E-state index contributed by atoms with van der Waals surface area (Å²) in [5.74, 6) is -1.50. The average Bonchev–Trinajstić information content (AvgIpc) is 2.43. The lowest BCUT2D eigenvalue weighted by Gasteiger charge is -2.14. The summed E-state index contributed by atoms with van der Waals surface area (Å²) >= 11 is 0. The van der Waals surface area contributed by atoms with E-state index in [1.807, 2.05) is 0 Å². The summed E-state index contributed by atoms with van der Waals surface area (Å²) in [4.78, 5) is 22.9. The van der Waals surface area contributed by atoms with Crippen LogP contribution in [0, 0.1) is 0 Å². The van der Waals surface area contributed by atoms with Crippen molar-refractivity contribution in [1.82, 2.24) is 5.32 Å². The highest BCUT2D eigenvalue weighted by Gasteiger charge is 2.20. The zero-order chi connectivity index (χ0) is 14.3. The Kier molecular flexibility index (Phi) is 5.98. The van der Waals surface area contributed by atoms with Crippen LogP contribution < -0.4 is 11.1 Å². The first-order valence-electron chi connectivity index (χ1n) is 5.90. The van der Waals surface area contributed by atoms with E-state index in [4.69, 9.17) is 15.6 Å². The summed E-state index contributed by atoms with van der Waals surface area (Å²) in [6, 6.07) is 5.75. The molecule has 1 rings (SSSR count). The van der Waals surface area contributed by atoms with E-state index in [2.05, 4.69) is 5.32 Å². The molecule has 0 heterocycles. The minimum absolute atomic E-state index is 0.221. The van der Waals surface area contributed by atoms with Gasteiger partial charge in [-0.3, -0.25) is 4.79 Å². The lowest BCUT2D eigenvalue weighted by molar-refractivity contribution is -0.139. The maximum absolute atomic E-state index is 11.9. The fraction of sp³-hybridized carbons (Fsp3) is 0.385. The van der Waals surface area contributed by atoms with E-state index in [0.717, 1.165) is 5.56 Å². The summed E-state index contributed by atoms with van der Waals surface area (Å²) in [5, 5.41) is 11.4. The van der Waals surface area contributed by atoms with Gasteiger partial charge in [-0.1, -0.05) is 12.1 Å². The number of benzene rings is 1. The van der Waals surface area contributed by atoms with E-state index < -0.39 is 17.9 Å². The fourth-order valence-corrected chi connectivity index (χ4v) is 1.53. The Bertz CT molecular complexity index is 431. The van der Waals surface area contributed by atoms with Gasteiger partial charge in [0.1, 0.15) is 6.04 Å². The number of hydrogen-bond acceptors (Lipinski definition) is 4. The van der Waals surface area contributed by atoms with Crippen LogP contribution in [0.1, 0.15) is 22.3 Å². The molecule has 0 aromatic heterocycles.